The standard InChI is InChI=1S/C30H30F3N7O4/c1-17(2)10-11-29(20-6-4-3-5-7-20)25(42)40(26(34)38-29)14-18-8-9-22(30(31,32)33)21(12-18)24(41)39-15-19-13-35-27(37-28(43)44)36-23(19)16-39/h3-9,12-13,17H,10-11,14-16H2,1-2H3,(H2,34,38)(H,43,44)(H,35,36,37)/t29-/m0/s1. The van der Waals surface area contributed by atoms with Crippen LogP contribution >= 0.6 is 0 Å². The van der Waals surface area contributed by atoms with Gasteiger partial charge in [-0.15, -0.1) is 0 Å². The second-order valence-corrected chi connectivity index (χ2v) is 11.2. The molecule has 0 saturated carbocycles. The molecule has 0 aliphatic carbocycles. The zero-order valence-corrected chi connectivity index (χ0v) is 23.9. The minimum atomic E-state index is -4.84. The summed E-state index contributed by atoms with van der Waals surface area (Å²) < 4.78 is 42.2. The van der Waals surface area contributed by atoms with Gasteiger partial charge < -0.3 is 15.7 Å². The Hall–Kier alpha value is -5.01. The zero-order chi connectivity index (χ0) is 31.8. The lowest BCUT2D eigenvalue weighted by molar-refractivity contribution is -0.138. The van der Waals surface area contributed by atoms with Gasteiger partial charge in [0.2, 0.25) is 5.95 Å². The van der Waals surface area contributed by atoms with Crippen molar-refractivity contribution in [2.45, 2.75) is 58.0 Å². The minimum Gasteiger partial charge on any atom is -0.465 e. The molecular weight excluding hydrogens is 579 g/mol. The summed E-state index contributed by atoms with van der Waals surface area (Å²) in [5, 5.41) is 10.9. The molecule has 3 heterocycles. The third-order valence-corrected chi connectivity index (χ3v) is 7.64. The Morgan fingerprint density at radius 1 is 1.14 bits per heavy atom. The first kappa shape index (κ1) is 30.4. The number of alkyl halides is 3. The van der Waals surface area contributed by atoms with Crippen molar-refractivity contribution in [2.24, 2.45) is 16.6 Å². The second-order valence-electron chi connectivity index (χ2n) is 11.2. The van der Waals surface area contributed by atoms with Crippen molar-refractivity contribution in [1.29, 1.82) is 0 Å². The van der Waals surface area contributed by atoms with E-state index < -0.39 is 40.7 Å². The van der Waals surface area contributed by atoms with E-state index in [1.54, 1.807) is 24.3 Å². The largest absolute Gasteiger partial charge is 0.465 e. The van der Waals surface area contributed by atoms with E-state index >= 15 is 0 Å². The molecule has 0 bridgehead atoms. The molecule has 2 aliphatic rings. The highest BCUT2D eigenvalue weighted by Crippen LogP contribution is 2.40. The van der Waals surface area contributed by atoms with Gasteiger partial charge in [-0.05, 0) is 42.0 Å². The van der Waals surface area contributed by atoms with E-state index in [4.69, 9.17) is 10.8 Å². The number of amides is 3. The molecule has 1 atom stereocenters. The molecule has 2 aromatic carbocycles. The van der Waals surface area contributed by atoms with Crippen molar-refractivity contribution in [3.05, 3.63) is 88.2 Å². The van der Waals surface area contributed by atoms with Gasteiger partial charge in [0.25, 0.3) is 11.8 Å². The van der Waals surface area contributed by atoms with E-state index in [2.05, 4.69) is 15.0 Å². The average molecular weight is 610 g/mol. The molecule has 2 aliphatic heterocycles. The Labute approximate surface area is 250 Å². The summed E-state index contributed by atoms with van der Waals surface area (Å²) in [4.78, 5) is 53.4. The van der Waals surface area contributed by atoms with Crippen LogP contribution in [-0.4, -0.2) is 48.7 Å². The fourth-order valence-corrected chi connectivity index (χ4v) is 5.41. The van der Waals surface area contributed by atoms with Crippen LogP contribution in [-0.2, 0) is 36.1 Å². The Balaban J connectivity index is 1.43. The number of carbonyl (C=O) groups is 3. The molecule has 230 valence electrons. The number of nitrogens with zero attached hydrogens (tertiary/aromatic N) is 5. The summed E-state index contributed by atoms with van der Waals surface area (Å²) in [5.41, 5.74) is 4.98. The fraction of sp³-hybridized carbons (Fsp3) is 0.333. The summed E-state index contributed by atoms with van der Waals surface area (Å²) in [6, 6.07) is 12.2. The topological polar surface area (TPSA) is 154 Å². The molecule has 0 fully saturated rings. The second kappa shape index (κ2) is 11.6. The number of benzene rings is 2. The maximum absolute atomic E-state index is 14.1. The third kappa shape index (κ3) is 5.92. The van der Waals surface area contributed by atoms with Gasteiger partial charge in [0.05, 0.1) is 29.9 Å². The van der Waals surface area contributed by atoms with Gasteiger partial charge >= 0.3 is 12.3 Å². The first-order valence-electron chi connectivity index (χ1n) is 13.9. The molecule has 5 rings (SSSR count). The Morgan fingerprint density at radius 2 is 1.86 bits per heavy atom. The Kier molecular flexibility index (Phi) is 8.02. The summed E-state index contributed by atoms with van der Waals surface area (Å²) in [5.74, 6) is -1.29. The lowest BCUT2D eigenvalue weighted by atomic mass is 9.83. The van der Waals surface area contributed by atoms with Gasteiger partial charge in [-0.1, -0.05) is 50.2 Å². The van der Waals surface area contributed by atoms with E-state index in [0.29, 0.717) is 29.7 Å². The number of aliphatic imine (C=N–C) groups is 1. The first-order valence-corrected chi connectivity index (χ1v) is 13.9. The first-order chi connectivity index (χ1) is 20.8. The van der Waals surface area contributed by atoms with Crippen LogP contribution in [0.4, 0.5) is 23.9 Å². The van der Waals surface area contributed by atoms with Crippen molar-refractivity contribution in [2.75, 3.05) is 5.32 Å². The highest BCUT2D eigenvalue weighted by molar-refractivity contribution is 6.07. The zero-order valence-electron chi connectivity index (χ0n) is 23.9. The molecule has 0 saturated heterocycles. The lowest BCUT2D eigenvalue weighted by Gasteiger charge is -2.27. The summed E-state index contributed by atoms with van der Waals surface area (Å²) in [7, 11) is 0. The van der Waals surface area contributed by atoms with Crippen molar-refractivity contribution >= 4 is 29.8 Å². The molecule has 0 unspecified atom stereocenters. The molecule has 4 N–H and O–H groups in total. The average Bonchev–Trinajstić information content (AvgIpc) is 3.50. The van der Waals surface area contributed by atoms with Crippen LogP contribution in [0.2, 0.25) is 0 Å². The number of nitrogens with one attached hydrogen (secondary N) is 1. The maximum atomic E-state index is 14.1. The number of hydrogen-bond acceptors (Lipinski definition) is 7. The van der Waals surface area contributed by atoms with E-state index in [0.717, 1.165) is 12.1 Å². The number of hydrogen-bond donors (Lipinski definition) is 3. The van der Waals surface area contributed by atoms with Crippen LogP contribution in [0, 0.1) is 5.92 Å². The number of halogens is 3. The van der Waals surface area contributed by atoms with Crippen LogP contribution in [0.1, 0.15) is 65.0 Å². The van der Waals surface area contributed by atoms with Crippen molar-refractivity contribution in [1.82, 2.24) is 19.8 Å². The monoisotopic (exact) mass is 609 g/mol. The van der Waals surface area contributed by atoms with Gasteiger partial charge in [-0.2, -0.15) is 13.2 Å². The molecule has 3 amide bonds. The van der Waals surface area contributed by atoms with E-state index in [1.165, 1.54) is 22.1 Å². The van der Waals surface area contributed by atoms with E-state index in [9.17, 15) is 27.6 Å². The molecule has 0 spiro atoms. The number of aromatic nitrogens is 2. The molecule has 14 heteroatoms. The van der Waals surface area contributed by atoms with Crippen molar-refractivity contribution in [3.63, 3.8) is 0 Å². The maximum Gasteiger partial charge on any atom is 0.417 e. The predicted octanol–water partition coefficient (Wildman–Crippen LogP) is 4.73. The minimum absolute atomic E-state index is 0.0604. The van der Waals surface area contributed by atoms with Gasteiger partial charge in [-0.25, -0.2) is 19.8 Å². The van der Waals surface area contributed by atoms with Crippen LogP contribution in [0.25, 0.3) is 0 Å². The molecule has 1 aromatic heterocycles. The number of rotatable bonds is 8. The van der Waals surface area contributed by atoms with Crippen LogP contribution in [0.3, 0.4) is 0 Å². The SMILES string of the molecule is CC(C)CC[C@@]1(c2ccccc2)N=C(N)N(Cc2ccc(C(F)(F)F)c(C(=O)N3Cc4cnc(NC(=O)O)nc4C3)c2)C1=O. The van der Waals surface area contributed by atoms with Crippen LogP contribution in [0.5, 0.6) is 0 Å². The molecule has 3 aromatic rings. The summed E-state index contributed by atoms with van der Waals surface area (Å²) in [6.45, 7) is 3.65. The Morgan fingerprint density at radius 3 is 2.52 bits per heavy atom. The van der Waals surface area contributed by atoms with E-state index in [-0.39, 0.29) is 43.0 Å². The van der Waals surface area contributed by atoms with E-state index in [1.807, 2.05) is 25.2 Å². The highest BCUT2D eigenvalue weighted by Gasteiger charge is 2.49. The fourth-order valence-electron chi connectivity index (χ4n) is 5.41. The normalized spacial score (nSPS) is 18.0. The Bertz CT molecular complexity index is 1650. The van der Waals surface area contributed by atoms with Crippen LogP contribution < -0.4 is 11.1 Å². The number of guanidine groups is 1. The van der Waals surface area contributed by atoms with Gasteiger partial charge in [0, 0.05) is 18.3 Å². The summed E-state index contributed by atoms with van der Waals surface area (Å²) >= 11 is 0. The van der Waals surface area contributed by atoms with Gasteiger partial charge in [0.15, 0.2) is 11.5 Å². The lowest BCUT2D eigenvalue weighted by Crippen LogP contribution is -2.42. The summed E-state index contributed by atoms with van der Waals surface area (Å²) in [6.07, 6.45) is -3.82. The molecule has 0 radical (unpaired) electrons. The van der Waals surface area contributed by atoms with Gasteiger partial charge in [0.1, 0.15) is 0 Å². The number of carbonyl (C=O) groups excluding carboxylic acids is 2. The molecular formula is C30H30F3N7O4. The smallest absolute Gasteiger partial charge is 0.417 e. The van der Waals surface area contributed by atoms with Crippen molar-refractivity contribution < 1.29 is 32.7 Å². The number of nitrogens with two attached hydrogens (primary N) is 1. The predicted molar refractivity (Wildman–Crippen MR) is 153 cm³/mol. The molecule has 44 heavy (non-hydrogen) atoms. The molecule has 11 nitrogen and oxygen atoms in total. The number of fused-ring (bicyclic) bond motifs is 1. The number of anilines is 1. The number of carboxylic acid groups (broad SMARTS) is 1. The van der Waals surface area contributed by atoms with Crippen LogP contribution in [0.15, 0.2) is 59.7 Å². The highest BCUT2D eigenvalue weighted by atomic mass is 19.4. The third-order valence-electron chi connectivity index (χ3n) is 7.64. The van der Waals surface area contributed by atoms with Gasteiger partial charge in [-0.3, -0.25) is 19.8 Å². The van der Waals surface area contributed by atoms with Crippen molar-refractivity contribution in [3.8, 4) is 0 Å². The quantitative estimate of drug-likeness (QED) is 0.334.